The molecule has 2 rings (SSSR count). The zero-order chi connectivity index (χ0) is 15.1. The van der Waals surface area contributed by atoms with Gasteiger partial charge in [0.2, 0.25) is 0 Å². The molecule has 0 amide bonds. The summed E-state index contributed by atoms with van der Waals surface area (Å²) >= 11 is 1.75. The molecule has 21 heavy (non-hydrogen) atoms. The molecule has 0 atom stereocenters. The standard InChI is InChI=1S/C16H25N3OS/c1-12(2)5-4-8-17-9-10-21-16-18-14-7-6-13(20-3)11-15(14)19-16/h6-7,11-12,17H,4-5,8-10H2,1-3H3,(H,18,19). The van der Waals surface area contributed by atoms with Crippen molar-refractivity contribution in [2.45, 2.75) is 31.8 Å². The van der Waals surface area contributed by atoms with Gasteiger partial charge in [0.1, 0.15) is 5.75 Å². The van der Waals surface area contributed by atoms with Gasteiger partial charge >= 0.3 is 0 Å². The number of thioether (sulfide) groups is 1. The predicted molar refractivity (Wildman–Crippen MR) is 90.3 cm³/mol. The first kappa shape index (κ1) is 16.2. The van der Waals surface area contributed by atoms with E-state index in [1.807, 2.05) is 18.2 Å². The molecule has 0 bridgehead atoms. The molecule has 2 aromatic rings. The highest BCUT2D eigenvalue weighted by Gasteiger charge is 2.04. The van der Waals surface area contributed by atoms with E-state index in [9.17, 15) is 0 Å². The summed E-state index contributed by atoms with van der Waals surface area (Å²) in [6, 6.07) is 5.91. The highest BCUT2D eigenvalue weighted by molar-refractivity contribution is 7.99. The first-order chi connectivity index (χ1) is 10.2. The Morgan fingerprint density at radius 3 is 2.95 bits per heavy atom. The van der Waals surface area contributed by atoms with Crippen LogP contribution in [0.15, 0.2) is 23.4 Å². The maximum Gasteiger partial charge on any atom is 0.166 e. The van der Waals surface area contributed by atoms with Gasteiger partial charge in [0.05, 0.1) is 18.1 Å². The molecule has 1 aromatic heterocycles. The zero-order valence-electron chi connectivity index (χ0n) is 13.1. The van der Waals surface area contributed by atoms with Crippen LogP contribution >= 0.6 is 11.8 Å². The van der Waals surface area contributed by atoms with Crippen LogP contribution < -0.4 is 10.1 Å². The second-order valence-electron chi connectivity index (χ2n) is 5.56. The van der Waals surface area contributed by atoms with E-state index in [1.54, 1.807) is 18.9 Å². The van der Waals surface area contributed by atoms with Crippen LogP contribution in [-0.2, 0) is 0 Å². The highest BCUT2D eigenvalue weighted by atomic mass is 32.2. The highest BCUT2D eigenvalue weighted by Crippen LogP contribution is 2.22. The molecular formula is C16H25N3OS. The van der Waals surface area contributed by atoms with Crippen LogP contribution in [0.3, 0.4) is 0 Å². The Labute approximate surface area is 131 Å². The lowest BCUT2D eigenvalue weighted by Gasteiger charge is -2.05. The van der Waals surface area contributed by atoms with Crippen molar-refractivity contribution in [3.05, 3.63) is 18.2 Å². The summed E-state index contributed by atoms with van der Waals surface area (Å²) in [5, 5.41) is 4.45. The van der Waals surface area contributed by atoms with Crippen LogP contribution in [0.4, 0.5) is 0 Å². The van der Waals surface area contributed by atoms with E-state index in [4.69, 9.17) is 4.74 Å². The summed E-state index contributed by atoms with van der Waals surface area (Å²) < 4.78 is 5.22. The first-order valence-electron chi connectivity index (χ1n) is 7.56. The van der Waals surface area contributed by atoms with Gasteiger partial charge in [0.15, 0.2) is 5.16 Å². The molecule has 2 N–H and O–H groups in total. The molecule has 0 radical (unpaired) electrons. The molecule has 5 heteroatoms. The third-order valence-corrected chi connectivity index (χ3v) is 4.20. The van der Waals surface area contributed by atoms with Crippen molar-refractivity contribution < 1.29 is 4.74 Å². The van der Waals surface area contributed by atoms with Gasteiger partial charge in [0.25, 0.3) is 0 Å². The fraction of sp³-hybridized carbons (Fsp3) is 0.562. The molecule has 0 unspecified atom stereocenters. The summed E-state index contributed by atoms with van der Waals surface area (Å²) in [5.41, 5.74) is 2.02. The van der Waals surface area contributed by atoms with Crippen molar-refractivity contribution in [3.63, 3.8) is 0 Å². The van der Waals surface area contributed by atoms with Crippen molar-refractivity contribution in [1.29, 1.82) is 0 Å². The third kappa shape index (κ3) is 5.25. The minimum atomic E-state index is 0.800. The number of aromatic amines is 1. The summed E-state index contributed by atoms with van der Waals surface area (Å²) in [4.78, 5) is 7.90. The average Bonchev–Trinajstić information content (AvgIpc) is 2.87. The van der Waals surface area contributed by atoms with Crippen LogP contribution in [0, 0.1) is 5.92 Å². The van der Waals surface area contributed by atoms with Crippen LogP contribution in [0.2, 0.25) is 0 Å². The minimum Gasteiger partial charge on any atom is -0.497 e. The van der Waals surface area contributed by atoms with E-state index in [1.165, 1.54) is 12.8 Å². The summed E-state index contributed by atoms with van der Waals surface area (Å²) in [6.07, 6.45) is 2.55. The lowest BCUT2D eigenvalue weighted by Crippen LogP contribution is -2.18. The van der Waals surface area contributed by atoms with E-state index >= 15 is 0 Å². The van der Waals surface area contributed by atoms with Crippen LogP contribution in [0.25, 0.3) is 11.0 Å². The van der Waals surface area contributed by atoms with E-state index in [2.05, 4.69) is 29.1 Å². The van der Waals surface area contributed by atoms with Gasteiger partial charge in [-0.1, -0.05) is 25.6 Å². The monoisotopic (exact) mass is 307 g/mol. The normalized spacial score (nSPS) is 11.4. The molecule has 0 saturated carbocycles. The topological polar surface area (TPSA) is 49.9 Å². The number of ether oxygens (including phenoxy) is 1. The molecule has 0 saturated heterocycles. The number of aromatic nitrogens is 2. The zero-order valence-corrected chi connectivity index (χ0v) is 13.9. The van der Waals surface area contributed by atoms with Crippen LogP contribution in [-0.4, -0.2) is 35.9 Å². The van der Waals surface area contributed by atoms with Crippen LogP contribution in [0.5, 0.6) is 5.75 Å². The Morgan fingerprint density at radius 1 is 1.33 bits per heavy atom. The fourth-order valence-electron chi connectivity index (χ4n) is 2.14. The predicted octanol–water partition coefficient (Wildman–Crippen LogP) is 3.69. The van der Waals surface area contributed by atoms with Gasteiger partial charge in [-0.25, -0.2) is 4.98 Å². The lowest BCUT2D eigenvalue weighted by molar-refractivity contribution is 0.415. The van der Waals surface area contributed by atoms with Crippen molar-refractivity contribution in [2.75, 3.05) is 26.0 Å². The minimum absolute atomic E-state index is 0.800. The van der Waals surface area contributed by atoms with Gasteiger partial charge in [0, 0.05) is 18.4 Å². The van der Waals surface area contributed by atoms with Crippen molar-refractivity contribution in [1.82, 2.24) is 15.3 Å². The average molecular weight is 307 g/mol. The number of benzene rings is 1. The van der Waals surface area contributed by atoms with Gasteiger partial charge in [-0.15, -0.1) is 0 Å². The largest absolute Gasteiger partial charge is 0.497 e. The molecule has 0 aliphatic carbocycles. The first-order valence-corrected chi connectivity index (χ1v) is 8.55. The summed E-state index contributed by atoms with van der Waals surface area (Å²) in [5.74, 6) is 2.68. The number of nitrogens with one attached hydrogen (secondary N) is 2. The fourth-order valence-corrected chi connectivity index (χ4v) is 2.93. The quantitative estimate of drug-likeness (QED) is 0.548. The summed E-state index contributed by atoms with van der Waals surface area (Å²) in [7, 11) is 1.68. The van der Waals surface area contributed by atoms with Crippen molar-refractivity contribution in [2.24, 2.45) is 5.92 Å². The van der Waals surface area contributed by atoms with Crippen molar-refractivity contribution >= 4 is 22.8 Å². The number of hydrogen-bond donors (Lipinski definition) is 2. The lowest BCUT2D eigenvalue weighted by atomic mass is 10.1. The van der Waals surface area contributed by atoms with Crippen molar-refractivity contribution in [3.8, 4) is 5.75 Å². The smallest absolute Gasteiger partial charge is 0.166 e. The molecule has 0 aliphatic heterocycles. The number of nitrogens with zero attached hydrogens (tertiary/aromatic N) is 1. The Kier molecular flexibility index (Phi) is 6.39. The summed E-state index contributed by atoms with van der Waals surface area (Å²) in [6.45, 7) is 6.66. The number of hydrogen-bond acceptors (Lipinski definition) is 4. The Bertz CT molecular complexity index is 553. The number of imidazole rings is 1. The third-order valence-electron chi connectivity index (χ3n) is 3.32. The Balaban J connectivity index is 1.71. The van der Waals surface area contributed by atoms with Crippen LogP contribution in [0.1, 0.15) is 26.7 Å². The molecule has 4 nitrogen and oxygen atoms in total. The van der Waals surface area contributed by atoms with E-state index in [-0.39, 0.29) is 0 Å². The SMILES string of the molecule is COc1ccc2nc(SCCNCCCC(C)C)[nH]c2c1. The molecule has 1 heterocycles. The Morgan fingerprint density at radius 2 is 2.19 bits per heavy atom. The van der Waals surface area contributed by atoms with E-state index in [0.29, 0.717) is 0 Å². The number of methoxy groups -OCH3 is 1. The molecule has 116 valence electrons. The Hall–Kier alpha value is -1.20. The van der Waals surface area contributed by atoms with Gasteiger partial charge in [-0.3, -0.25) is 0 Å². The number of rotatable bonds is 9. The molecular weight excluding hydrogens is 282 g/mol. The number of fused-ring (bicyclic) bond motifs is 1. The van der Waals surface area contributed by atoms with E-state index in [0.717, 1.165) is 46.7 Å². The van der Waals surface area contributed by atoms with Gasteiger partial charge in [-0.05, 0) is 37.4 Å². The van der Waals surface area contributed by atoms with Gasteiger partial charge in [-0.2, -0.15) is 0 Å². The second kappa shape index (κ2) is 8.29. The maximum atomic E-state index is 5.22. The molecule has 0 aliphatic rings. The molecule has 0 spiro atoms. The van der Waals surface area contributed by atoms with E-state index < -0.39 is 0 Å². The maximum absolute atomic E-state index is 5.22. The molecule has 1 aromatic carbocycles. The number of H-pyrrole nitrogens is 1. The molecule has 0 fully saturated rings. The van der Waals surface area contributed by atoms with Gasteiger partial charge < -0.3 is 15.0 Å². The second-order valence-corrected chi connectivity index (χ2v) is 6.64.